The lowest BCUT2D eigenvalue weighted by Gasteiger charge is -2.39. The minimum atomic E-state index is -4.03. The van der Waals surface area contributed by atoms with Gasteiger partial charge in [0.25, 0.3) is 16.1 Å². The summed E-state index contributed by atoms with van der Waals surface area (Å²) < 4.78 is 54.3. The van der Waals surface area contributed by atoms with E-state index in [1.54, 1.807) is 0 Å². The molecule has 2 aliphatic heterocycles. The Balaban J connectivity index is 2.12. The summed E-state index contributed by atoms with van der Waals surface area (Å²) in [5.41, 5.74) is 0. The molecule has 0 radical (unpaired) electrons. The van der Waals surface area contributed by atoms with Gasteiger partial charge in [0.05, 0.1) is 12.5 Å². The van der Waals surface area contributed by atoms with Crippen molar-refractivity contribution in [2.45, 2.75) is 38.5 Å². The zero-order valence-electron chi connectivity index (χ0n) is 12.5. The fraction of sp³-hybridized carbons (Fsp3) is 0.923. The highest BCUT2D eigenvalue weighted by Crippen LogP contribution is 2.33. The van der Waals surface area contributed by atoms with Gasteiger partial charge in [0.1, 0.15) is 0 Å². The second kappa shape index (κ2) is 6.37. The van der Waals surface area contributed by atoms with Crippen LogP contribution in [0.5, 0.6) is 0 Å². The predicted molar refractivity (Wildman–Crippen MR) is 75.8 cm³/mol. The van der Waals surface area contributed by atoms with Gasteiger partial charge in [-0.1, -0.05) is 13.3 Å². The van der Waals surface area contributed by atoms with Gasteiger partial charge < -0.3 is 5.11 Å². The van der Waals surface area contributed by atoms with Crippen molar-refractivity contribution in [3.05, 3.63) is 0 Å². The molecule has 9 heteroatoms. The predicted octanol–water partition coefficient (Wildman–Crippen LogP) is 1.39. The minimum absolute atomic E-state index is 0.306. The average molecular weight is 340 g/mol. The van der Waals surface area contributed by atoms with Crippen molar-refractivity contribution >= 4 is 16.2 Å². The Kier molecular flexibility index (Phi) is 5.08. The number of piperidine rings is 2. The lowest BCUT2D eigenvalue weighted by Crippen LogP contribution is -2.56. The van der Waals surface area contributed by atoms with E-state index in [0.717, 1.165) is 6.42 Å². The van der Waals surface area contributed by atoms with Gasteiger partial charge in [0, 0.05) is 26.1 Å². The Morgan fingerprint density at radius 2 is 1.86 bits per heavy atom. The second-order valence-corrected chi connectivity index (χ2v) is 8.07. The van der Waals surface area contributed by atoms with Crippen LogP contribution in [-0.2, 0) is 15.0 Å². The van der Waals surface area contributed by atoms with Crippen LogP contribution in [0.2, 0.25) is 0 Å². The highest BCUT2D eigenvalue weighted by atomic mass is 32.2. The SMILES string of the molecule is CCC1CCN(S(=O)(=O)N2CC(C(=O)O)CC(F)(F)C2)CC1. The first-order chi connectivity index (χ1) is 10.2. The smallest absolute Gasteiger partial charge is 0.308 e. The highest BCUT2D eigenvalue weighted by Gasteiger charge is 2.48. The van der Waals surface area contributed by atoms with Crippen molar-refractivity contribution in [2.75, 3.05) is 26.2 Å². The number of nitrogens with zero attached hydrogens (tertiary/aromatic N) is 2. The molecule has 22 heavy (non-hydrogen) atoms. The Morgan fingerprint density at radius 1 is 1.27 bits per heavy atom. The van der Waals surface area contributed by atoms with Crippen molar-refractivity contribution in [3.63, 3.8) is 0 Å². The molecule has 1 N–H and O–H groups in total. The zero-order valence-corrected chi connectivity index (χ0v) is 13.4. The van der Waals surface area contributed by atoms with Crippen LogP contribution in [0, 0.1) is 11.8 Å². The minimum Gasteiger partial charge on any atom is -0.481 e. The lowest BCUT2D eigenvalue weighted by atomic mass is 9.96. The standard InChI is InChI=1S/C13H22F2N2O4S/c1-2-10-3-5-16(6-4-10)22(20,21)17-8-11(12(18)19)7-13(14,15)9-17/h10-11H,2-9H2,1H3,(H,18,19). The van der Waals surface area contributed by atoms with E-state index in [1.807, 2.05) is 6.92 Å². The normalized spacial score (nSPS) is 28.6. The Hall–Kier alpha value is -0.800. The van der Waals surface area contributed by atoms with Gasteiger partial charge in [-0.05, 0) is 18.8 Å². The van der Waals surface area contributed by atoms with Crippen LogP contribution in [0.3, 0.4) is 0 Å². The molecule has 2 fully saturated rings. The lowest BCUT2D eigenvalue weighted by molar-refractivity contribution is -0.150. The second-order valence-electron chi connectivity index (χ2n) is 6.15. The quantitative estimate of drug-likeness (QED) is 0.839. The molecule has 0 aromatic rings. The van der Waals surface area contributed by atoms with E-state index in [9.17, 15) is 22.0 Å². The van der Waals surface area contributed by atoms with Gasteiger partial charge >= 0.3 is 5.97 Å². The van der Waals surface area contributed by atoms with Crippen LogP contribution in [0.4, 0.5) is 8.78 Å². The van der Waals surface area contributed by atoms with Gasteiger partial charge in [0.2, 0.25) is 0 Å². The van der Waals surface area contributed by atoms with Gasteiger partial charge in [0.15, 0.2) is 0 Å². The van der Waals surface area contributed by atoms with Gasteiger partial charge in [-0.15, -0.1) is 0 Å². The summed E-state index contributed by atoms with van der Waals surface area (Å²) in [5.74, 6) is -5.60. The number of halogens is 2. The van der Waals surface area contributed by atoms with Crippen LogP contribution in [0.25, 0.3) is 0 Å². The summed E-state index contributed by atoms with van der Waals surface area (Å²) in [5, 5.41) is 8.96. The molecule has 2 rings (SSSR count). The van der Waals surface area contributed by atoms with Gasteiger partial charge in [-0.3, -0.25) is 4.79 Å². The summed E-state index contributed by atoms with van der Waals surface area (Å²) in [7, 11) is -4.03. The van der Waals surface area contributed by atoms with Crippen LogP contribution in [0.1, 0.15) is 32.6 Å². The first-order valence-corrected chi connectivity index (χ1v) is 8.91. The summed E-state index contributed by atoms with van der Waals surface area (Å²) >= 11 is 0. The number of carboxylic acid groups (broad SMARTS) is 1. The Morgan fingerprint density at radius 3 is 2.36 bits per heavy atom. The number of hydrogen-bond acceptors (Lipinski definition) is 3. The third-order valence-electron chi connectivity index (χ3n) is 4.53. The van der Waals surface area contributed by atoms with Crippen molar-refractivity contribution in [1.29, 1.82) is 0 Å². The molecule has 0 spiro atoms. The third kappa shape index (κ3) is 3.75. The monoisotopic (exact) mass is 340 g/mol. The summed E-state index contributed by atoms with van der Waals surface area (Å²) in [6.07, 6.45) is 1.58. The molecule has 128 valence electrons. The van der Waals surface area contributed by atoms with Gasteiger partial charge in [-0.2, -0.15) is 17.0 Å². The molecule has 1 unspecified atom stereocenters. The van der Waals surface area contributed by atoms with E-state index < -0.39 is 41.0 Å². The summed E-state index contributed by atoms with van der Waals surface area (Å²) in [6.45, 7) is 1.33. The molecule has 6 nitrogen and oxygen atoms in total. The number of hydrogen-bond donors (Lipinski definition) is 1. The summed E-state index contributed by atoms with van der Waals surface area (Å²) in [6, 6.07) is 0. The van der Waals surface area contributed by atoms with E-state index in [-0.39, 0.29) is 6.54 Å². The maximum Gasteiger partial charge on any atom is 0.308 e. The van der Waals surface area contributed by atoms with Crippen molar-refractivity contribution in [3.8, 4) is 0 Å². The van der Waals surface area contributed by atoms with Crippen LogP contribution in [-0.4, -0.2) is 60.2 Å². The third-order valence-corrected chi connectivity index (χ3v) is 6.48. The number of carbonyl (C=O) groups is 1. The maximum absolute atomic E-state index is 13.7. The topological polar surface area (TPSA) is 77.9 Å². The van der Waals surface area contributed by atoms with E-state index >= 15 is 0 Å². The van der Waals surface area contributed by atoms with E-state index in [2.05, 4.69) is 0 Å². The molecular formula is C13H22F2N2O4S. The van der Waals surface area contributed by atoms with E-state index in [4.69, 9.17) is 5.11 Å². The average Bonchev–Trinajstić information content (AvgIpc) is 2.45. The molecule has 0 saturated carbocycles. The molecule has 1 atom stereocenters. The highest BCUT2D eigenvalue weighted by molar-refractivity contribution is 7.86. The van der Waals surface area contributed by atoms with Crippen molar-refractivity contribution < 1.29 is 27.1 Å². The molecule has 0 bridgehead atoms. The molecule has 2 aliphatic rings. The van der Waals surface area contributed by atoms with Crippen LogP contribution in [0.15, 0.2) is 0 Å². The first kappa shape index (κ1) is 17.6. The van der Waals surface area contributed by atoms with Crippen LogP contribution < -0.4 is 0 Å². The largest absolute Gasteiger partial charge is 0.481 e. The number of aliphatic carboxylic acids is 1. The molecule has 2 heterocycles. The fourth-order valence-corrected chi connectivity index (χ4v) is 4.83. The first-order valence-electron chi connectivity index (χ1n) is 7.51. The summed E-state index contributed by atoms with van der Waals surface area (Å²) in [4.78, 5) is 11.0. The molecule has 0 aromatic carbocycles. The number of carboxylic acids is 1. The van der Waals surface area contributed by atoms with Crippen LogP contribution >= 0.6 is 0 Å². The Labute approximate surface area is 129 Å². The van der Waals surface area contributed by atoms with E-state index in [1.165, 1.54) is 4.31 Å². The molecule has 0 amide bonds. The fourth-order valence-electron chi connectivity index (χ4n) is 3.11. The molecule has 2 saturated heterocycles. The molecule has 0 aromatic heterocycles. The van der Waals surface area contributed by atoms with E-state index in [0.29, 0.717) is 36.2 Å². The number of alkyl halides is 2. The van der Waals surface area contributed by atoms with Crippen molar-refractivity contribution in [2.24, 2.45) is 11.8 Å². The zero-order chi connectivity index (χ0) is 16.5. The molecule has 0 aliphatic carbocycles. The number of rotatable bonds is 4. The van der Waals surface area contributed by atoms with Crippen molar-refractivity contribution in [1.82, 2.24) is 8.61 Å². The molecular weight excluding hydrogens is 318 g/mol. The maximum atomic E-state index is 13.7. The van der Waals surface area contributed by atoms with Gasteiger partial charge in [-0.25, -0.2) is 8.78 Å². The Bertz CT molecular complexity index is 518.